The number of fused-ring (bicyclic) bond motifs is 1. The first-order valence-corrected chi connectivity index (χ1v) is 20.0. The van der Waals surface area contributed by atoms with Gasteiger partial charge in [0.05, 0.1) is 18.3 Å². The zero-order valence-corrected chi connectivity index (χ0v) is 32.1. The summed E-state index contributed by atoms with van der Waals surface area (Å²) in [5.74, 6) is 0.309. The van der Waals surface area contributed by atoms with Crippen LogP contribution in [0, 0.1) is 29.6 Å². The number of benzene rings is 1. The molecule has 0 radical (unpaired) electrons. The van der Waals surface area contributed by atoms with Gasteiger partial charge in [-0.3, -0.25) is 0 Å². The standard InChI is InChI=1S/C40H62O6Si/c1-14-15-16-28(3)37(42)32(7)39(46-47(12,13)40(8,9)10)31(6)24-27(2)23-30(5)38(44-26-43-11)29(4)17-18-33-19-20-34-21-22-36(41)45-35(34)25-33/h14-23,25,28-32,37-39,42H,1,24,26H2,2-13H3/t28?,29?,30-,31-,32+,37-,38-,39+/m0/s1. The van der Waals surface area contributed by atoms with E-state index in [9.17, 15) is 9.90 Å². The molecule has 2 aromatic rings. The molecule has 0 bridgehead atoms. The Balaban J connectivity index is 2.29. The molecule has 2 unspecified atom stereocenters. The third-order valence-electron chi connectivity index (χ3n) is 9.79. The van der Waals surface area contributed by atoms with Crippen LogP contribution in [0.4, 0.5) is 0 Å². The summed E-state index contributed by atoms with van der Waals surface area (Å²) in [4.78, 5) is 11.7. The molecule has 0 spiro atoms. The molecular weight excluding hydrogens is 605 g/mol. The van der Waals surface area contributed by atoms with Gasteiger partial charge in [0, 0.05) is 42.2 Å². The molecule has 1 aromatic carbocycles. The second kappa shape index (κ2) is 18.3. The summed E-state index contributed by atoms with van der Waals surface area (Å²) in [6, 6.07) is 9.07. The van der Waals surface area contributed by atoms with Crippen LogP contribution >= 0.6 is 0 Å². The Morgan fingerprint density at radius 2 is 1.66 bits per heavy atom. The summed E-state index contributed by atoms with van der Waals surface area (Å²) in [6.45, 7) is 28.3. The molecule has 262 valence electrons. The molecule has 7 heteroatoms. The van der Waals surface area contributed by atoms with Gasteiger partial charge in [-0.25, -0.2) is 4.79 Å². The van der Waals surface area contributed by atoms with E-state index in [-0.39, 0.29) is 59.3 Å². The predicted octanol–water partition coefficient (Wildman–Crippen LogP) is 9.81. The third kappa shape index (κ3) is 12.1. The SMILES string of the molecule is C=CC=CC(C)[C@H](O)[C@@H](C)[C@H](O[Si](C)(C)C(C)(C)C)[C@@H](C)CC(C)=C[C@H](C)[C@@H](OCOC)C(C)C=Cc1ccc2ccc(=O)oc2c1. The molecule has 0 aliphatic heterocycles. The molecule has 2 rings (SSSR count). The molecule has 0 aliphatic rings. The van der Waals surface area contributed by atoms with Crippen LogP contribution in [0.2, 0.25) is 18.1 Å². The van der Waals surface area contributed by atoms with Crippen molar-refractivity contribution in [2.24, 2.45) is 29.6 Å². The van der Waals surface area contributed by atoms with Gasteiger partial charge < -0.3 is 23.4 Å². The second-order valence-corrected chi connectivity index (χ2v) is 19.8. The zero-order chi connectivity index (χ0) is 35.5. The van der Waals surface area contributed by atoms with Crippen molar-refractivity contribution in [2.45, 2.75) is 105 Å². The fourth-order valence-electron chi connectivity index (χ4n) is 6.02. The lowest BCUT2D eigenvalue weighted by Crippen LogP contribution is -2.49. The highest BCUT2D eigenvalue weighted by Crippen LogP contribution is 2.41. The molecule has 1 heterocycles. The minimum absolute atomic E-state index is 0.0150. The first-order chi connectivity index (χ1) is 21.9. The van der Waals surface area contributed by atoms with Crippen molar-refractivity contribution in [2.75, 3.05) is 13.9 Å². The highest BCUT2D eigenvalue weighted by Gasteiger charge is 2.43. The molecule has 0 amide bonds. The van der Waals surface area contributed by atoms with E-state index in [4.69, 9.17) is 18.3 Å². The van der Waals surface area contributed by atoms with Crippen molar-refractivity contribution in [1.29, 1.82) is 0 Å². The summed E-state index contributed by atoms with van der Waals surface area (Å²) in [5, 5.41) is 12.3. The molecule has 1 aromatic heterocycles. The van der Waals surface area contributed by atoms with E-state index in [1.165, 1.54) is 11.6 Å². The molecule has 0 aliphatic carbocycles. The van der Waals surface area contributed by atoms with E-state index >= 15 is 0 Å². The van der Waals surface area contributed by atoms with E-state index in [0.717, 1.165) is 17.4 Å². The minimum atomic E-state index is -2.11. The van der Waals surface area contributed by atoms with Crippen LogP contribution in [0.1, 0.15) is 74.3 Å². The lowest BCUT2D eigenvalue weighted by Gasteiger charge is -2.44. The monoisotopic (exact) mass is 666 g/mol. The average molecular weight is 667 g/mol. The number of ether oxygens (including phenoxy) is 2. The van der Waals surface area contributed by atoms with Crippen LogP contribution in [-0.2, 0) is 13.9 Å². The van der Waals surface area contributed by atoms with E-state index < -0.39 is 14.4 Å². The normalized spacial score (nSPS) is 18.6. The van der Waals surface area contributed by atoms with E-state index in [1.54, 1.807) is 19.3 Å². The number of aliphatic hydroxyl groups is 1. The Bertz CT molecular complexity index is 1410. The molecule has 0 saturated carbocycles. The van der Waals surface area contributed by atoms with Crippen LogP contribution in [0.5, 0.6) is 0 Å². The zero-order valence-electron chi connectivity index (χ0n) is 31.1. The number of hydrogen-bond donors (Lipinski definition) is 1. The van der Waals surface area contributed by atoms with E-state index in [1.807, 2.05) is 36.4 Å². The van der Waals surface area contributed by atoms with E-state index in [0.29, 0.717) is 5.58 Å². The first-order valence-electron chi connectivity index (χ1n) is 17.1. The summed E-state index contributed by atoms with van der Waals surface area (Å²) in [7, 11) is -0.475. The maximum Gasteiger partial charge on any atom is 0.336 e. The fraction of sp³-hybridized carbons (Fsp3) is 0.575. The Labute approximate surface area is 285 Å². The summed E-state index contributed by atoms with van der Waals surface area (Å²) in [6.07, 6.45) is 12.3. The first kappa shape index (κ1) is 40.6. The smallest absolute Gasteiger partial charge is 0.336 e. The lowest BCUT2D eigenvalue weighted by atomic mass is 9.81. The molecule has 0 fully saturated rings. The van der Waals surface area contributed by atoms with Crippen molar-refractivity contribution in [1.82, 2.24) is 0 Å². The summed E-state index contributed by atoms with van der Waals surface area (Å²) in [5.41, 5.74) is 2.43. The van der Waals surface area contributed by atoms with Gasteiger partial charge in [0.25, 0.3) is 0 Å². The largest absolute Gasteiger partial charge is 0.423 e. The number of rotatable bonds is 18. The quantitative estimate of drug-likeness (QED) is 0.0561. The molecule has 8 atom stereocenters. The maximum atomic E-state index is 11.7. The molecule has 6 nitrogen and oxygen atoms in total. The third-order valence-corrected chi connectivity index (χ3v) is 14.3. The number of hydrogen-bond acceptors (Lipinski definition) is 6. The van der Waals surface area contributed by atoms with Gasteiger partial charge in [-0.15, -0.1) is 0 Å². The van der Waals surface area contributed by atoms with Crippen LogP contribution in [0.25, 0.3) is 17.0 Å². The van der Waals surface area contributed by atoms with Gasteiger partial charge in [-0.2, -0.15) is 0 Å². The van der Waals surface area contributed by atoms with E-state index in [2.05, 4.69) is 94.1 Å². The van der Waals surface area contributed by atoms with Crippen molar-refractivity contribution >= 4 is 25.4 Å². The van der Waals surface area contributed by atoms with Gasteiger partial charge in [0.2, 0.25) is 0 Å². The Morgan fingerprint density at radius 3 is 2.28 bits per heavy atom. The number of methoxy groups -OCH3 is 1. The van der Waals surface area contributed by atoms with Crippen molar-refractivity contribution < 1.29 is 23.4 Å². The Hall–Kier alpha value is -2.55. The van der Waals surface area contributed by atoms with Crippen molar-refractivity contribution in [3.63, 3.8) is 0 Å². The van der Waals surface area contributed by atoms with Crippen LogP contribution in [0.15, 0.2) is 82.1 Å². The van der Waals surface area contributed by atoms with Gasteiger partial charge >= 0.3 is 5.63 Å². The Morgan fingerprint density at radius 1 is 1.00 bits per heavy atom. The average Bonchev–Trinajstić information content (AvgIpc) is 2.99. The Kier molecular flexibility index (Phi) is 15.8. The molecule has 0 saturated heterocycles. The molecule has 47 heavy (non-hydrogen) atoms. The van der Waals surface area contributed by atoms with Crippen molar-refractivity contribution in [3.8, 4) is 0 Å². The minimum Gasteiger partial charge on any atom is -0.423 e. The number of aliphatic hydroxyl groups excluding tert-OH is 1. The van der Waals surface area contributed by atoms with Gasteiger partial charge in [0.15, 0.2) is 8.32 Å². The summed E-state index contributed by atoms with van der Waals surface area (Å²) < 4.78 is 24.0. The summed E-state index contributed by atoms with van der Waals surface area (Å²) >= 11 is 0. The van der Waals surface area contributed by atoms with Gasteiger partial charge in [-0.1, -0.05) is 116 Å². The van der Waals surface area contributed by atoms with Gasteiger partial charge in [0.1, 0.15) is 12.4 Å². The predicted molar refractivity (Wildman–Crippen MR) is 200 cm³/mol. The van der Waals surface area contributed by atoms with Gasteiger partial charge in [-0.05, 0) is 55.1 Å². The molecule has 1 N–H and O–H groups in total. The van der Waals surface area contributed by atoms with Crippen LogP contribution < -0.4 is 5.63 Å². The highest BCUT2D eigenvalue weighted by molar-refractivity contribution is 6.74. The van der Waals surface area contributed by atoms with Crippen LogP contribution in [0.3, 0.4) is 0 Å². The van der Waals surface area contributed by atoms with Crippen LogP contribution in [-0.4, -0.2) is 45.6 Å². The fourth-order valence-corrected chi connectivity index (χ4v) is 7.50. The number of allylic oxidation sites excluding steroid dienone is 3. The maximum absolute atomic E-state index is 11.7. The molecular formula is C40H62O6Si. The van der Waals surface area contributed by atoms with Crippen molar-refractivity contribution in [3.05, 3.63) is 88.8 Å². The second-order valence-electron chi connectivity index (χ2n) is 15.0. The lowest BCUT2D eigenvalue weighted by molar-refractivity contribution is -0.0947. The topological polar surface area (TPSA) is 78.1 Å². The highest BCUT2D eigenvalue weighted by atomic mass is 28.4.